The minimum atomic E-state index is -1.81. The Morgan fingerprint density at radius 1 is 1.23 bits per heavy atom. The molecule has 0 aliphatic heterocycles. The normalized spacial score (nSPS) is 11.7. The molecule has 0 atom stereocenters. The fourth-order valence-corrected chi connectivity index (χ4v) is 8.44. The molecular formula is C17H27NO3Si. The molecule has 0 radical (unpaired) electrons. The van der Waals surface area contributed by atoms with E-state index in [4.69, 9.17) is 9.26 Å². The van der Waals surface area contributed by atoms with Crippen LogP contribution in [0.5, 0.6) is 0 Å². The van der Waals surface area contributed by atoms with Crippen LogP contribution < -0.4 is 0 Å². The third-order valence-corrected chi connectivity index (χ3v) is 10.6. The lowest BCUT2D eigenvalue weighted by Gasteiger charge is -2.37. The highest BCUT2D eigenvalue weighted by Gasteiger charge is 2.41. The van der Waals surface area contributed by atoms with Crippen LogP contribution in [0.1, 0.15) is 64.7 Å². The Morgan fingerprint density at radius 3 is 2.23 bits per heavy atom. The van der Waals surface area contributed by atoms with E-state index in [1.54, 1.807) is 13.0 Å². The molecule has 0 aliphatic rings. The predicted octanol–water partition coefficient (Wildman–Crippen LogP) is 4.42. The molecule has 0 fully saturated rings. The number of carbonyl (C=O) groups excluding carboxylic acids is 1. The van der Waals surface area contributed by atoms with E-state index in [1.165, 1.54) is 0 Å². The molecule has 0 bridgehead atoms. The van der Waals surface area contributed by atoms with Gasteiger partial charge in [0.2, 0.25) is 5.76 Å². The van der Waals surface area contributed by atoms with E-state index < -0.39 is 14.0 Å². The molecule has 0 unspecified atom stereocenters. The highest BCUT2D eigenvalue weighted by Crippen LogP contribution is 2.40. The van der Waals surface area contributed by atoms with E-state index in [-0.39, 0.29) is 5.69 Å². The van der Waals surface area contributed by atoms with Crippen molar-refractivity contribution in [2.45, 2.75) is 65.1 Å². The van der Waals surface area contributed by atoms with Gasteiger partial charge in [0.25, 0.3) is 0 Å². The van der Waals surface area contributed by atoms with Crippen LogP contribution in [0.3, 0.4) is 0 Å². The summed E-state index contributed by atoms with van der Waals surface area (Å²) in [5.74, 6) is 3.08. The molecule has 5 heteroatoms. The molecular weight excluding hydrogens is 294 g/mol. The zero-order valence-corrected chi connectivity index (χ0v) is 15.7. The van der Waals surface area contributed by atoms with Crippen LogP contribution >= 0.6 is 0 Å². The first-order chi connectivity index (χ1) is 10.3. The lowest BCUT2D eigenvalue weighted by molar-refractivity contribution is 0.0514. The zero-order chi connectivity index (χ0) is 16.9. The fraction of sp³-hybridized carbons (Fsp3) is 0.647. The van der Waals surface area contributed by atoms with Gasteiger partial charge in [-0.1, -0.05) is 46.7 Å². The van der Waals surface area contributed by atoms with Crippen molar-refractivity contribution in [2.75, 3.05) is 6.61 Å². The monoisotopic (exact) mass is 321 g/mol. The van der Waals surface area contributed by atoms with Gasteiger partial charge in [-0.3, -0.25) is 0 Å². The average molecular weight is 321 g/mol. The van der Waals surface area contributed by atoms with Gasteiger partial charge >= 0.3 is 5.97 Å². The summed E-state index contributed by atoms with van der Waals surface area (Å²) in [4.78, 5) is 11.6. The van der Waals surface area contributed by atoms with Crippen LogP contribution in [0.15, 0.2) is 10.6 Å². The molecule has 0 saturated heterocycles. The van der Waals surface area contributed by atoms with E-state index in [1.807, 2.05) is 0 Å². The molecule has 22 heavy (non-hydrogen) atoms. The predicted molar refractivity (Wildman–Crippen MR) is 90.4 cm³/mol. The van der Waals surface area contributed by atoms with Crippen LogP contribution in [0.4, 0.5) is 0 Å². The molecule has 0 N–H and O–H groups in total. The Morgan fingerprint density at radius 2 is 1.77 bits per heavy atom. The van der Waals surface area contributed by atoms with E-state index in [0.717, 1.165) is 0 Å². The van der Waals surface area contributed by atoms with Gasteiger partial charge in [-0.2, -0.15) is 0 Å². The van der Waals surface area contributed by atoms with Gasteiger partial charge in [0.05, 0.1) is 6.61 Å². The van der Waals surface area contributed by atoms with E-state index in [9.17, 15) is 4.79 Å². The summed E-state index contributed by atoms with van der Waals surface area (Å²) in [7, 11) is -1.81. The second-order valence-corrected chi connectivity index (χ2v) is 12.0. The quantitative estimate of drug-likeness (QED) is 0.457. The Hall–Kier alpha value is -1.54. The van der Waals surface area contributed by atoms with Gasteiger partial charge in [0, 0.05) is 6.07 Å². The Kier molecular flexibility index (Phi) is 6.43. The smallest absolute Gasteiger partial charge is 0.360 e. The largest absolute Gasteiger partial charge is 0.461 e. The van der Waals surface area contributed by atoms with Crippen molar-refractivity contribution in [1.29, 1.82) is 0 Å². The van der Waals surface area contributed by atoms with Crippen molar-refractivity contribution in [2.24, 2.45) is 0 Å². The molecule has 1 aromatic rings. The second-order valence-electron chi connectivity index (χ2n) is 6.44. The molecule has 0 saturated carbocycles. The SMILES string of the molecule is CCOC(=O)c1cc(C#C[Si](C(C)C)(C(C)C)C(C)C)on1. The minimum Gasteiger partial charge on any atom is -0.461 e. The van der Waals surface area contributed by atoms with Crippen LogP contribution in [0, 0.1) is 11.5 Å². The first-order valence-electron chi connectivity index (χ1n) is 7.92. The Bertz CT molecular complexity index is 542. The Labute approximate surface area is 134 Å². The summed E-state index contributed by atoms with van der Waals surface area (Å²) in [5.41, 5.74) is 5.36. The maximum absolute atomic E-state index is 11.6. The molecule has 1 aromatic heterocycles. The van der Waals surface area contributed by atoms with Gasteiger partial charge < -0.3 is 9.26 Å². The summed E-state index contributed by atoms with van der Waals surface area (Å²) in [6.45, 7) is 15.6. The number of ether oxygens (including phenoxy) is 1. The zero-order valence-electron chi connectivity index (χ0n) is 14.7. The van der Waals surface area contributed by atoms with Crippen LogP contribution in [-0.2, 0) is 4.74 Å². The number of carbonyl (C=O) groups is 1. The highest BCUT2D eigenvalue weighted by molar-refractivity contribution is 6.90. The van der Waals surface area contributed by atoms with Gasteiger partial charge in [-0.15, -0.1) is 5.54 Å². The number of esters is 1. The lowest BCUT2D eigenvalue weighted by atomic mass is 10.4. The highest BCUT2D eigenvalue weighted by atomic mass is 28.3. The van der Waals surface area contributed by atoms with Gasteiger partial charge in [0.1, 0.15) is 8.07 Å². The average Bonchev–Trinajstić information content (AvgIpc) is 2.87. The molecule has 0 aliphatic carbocycles. The van der Waals surface area contributed by atoms with E-state index in [0.29, 0.717) is 29.0 Å². The third kappa shape index (κ3) is 3.80. The summed E-state index contributed by atoms with van der Waals surface area (Å²) in [6, 6.07) is 1.56. The van der Waals surface area contributed by atoms with E-state index in [2.05, 4.69) is 58.2 Å². The molecule has 1 heterocycles. The van der Waals surface area contributed by atoms with Crippen molar-refractivity contribution >= 4 is 14.0 Å². The number of rotatable bonds is 5. The number of aromatic nitrogens is 1. The number of hydrogen-bond acceptors (Lipinski definition) is 4. The first-order valence-corrected chi connectivity index (χ1v) is 10.2. The van der Waals surface area contributed by atoms with Crippen LogP contribution in [0.2, 0.25) is 16.6 Å². The molecule has 1 rings (SSSR count). The topological polar surface area (TPSA) is 52.3 Å². The van der Waals surface area contributed by atoms with Crippen molar-refractivity contribution in [3.63, 3.8) is 0 Å². The van der Waals surface area contributed by atoms with E-state index >= 15 is 0 Å². The van der Waals surface area contributed by atoms with Crippen molar-refractivity contribution < 1.29 is 14.1 Å². The molecule has 0 amide bonds. The summed E-state index contributed by atoms with van der Waals surface area (Å²) in [5, 5.41) is 3.73. The summed E-state index contributed by atoms with van der Waals surface area (Å²) in [6.07, 6.45) is 0. The number of nitrogens with zero attached hydrogens (tertiary/aromatic N) is 1. The van der Waals surface area contributed by atoms with Gasteiger partial charge in [-0.05, 0) is 29.5 Å². The van der Waals surface area contributed by atoms with Gasteiger partial charge in [-0.25, -0.2) is 4.79 Å². The minimum absolute atomic E-state index is 0.178. The molecule has 0 spiro atoms. The van der Waals surface area contributed by atoms with Crippen molar-refractivity contribution in [1.82, 2.24) is 5.16 Å². The van der Waals surface area contributed by atoms with Crippen molar-refractivity contribution in [3.8, 4) is 11.5 Å². The Balaban J connectivity index is 3.12. The first kappa shape index (κ1) is 18.5. The molecule has 4 nitrogen and oxygen atoms in total. The summed E-state index contributed by atoms with van der Waals surface area (Å²) < 4.78 is 10.1. The second kappa shape index (κ2) is 7.64. The van der Waals surface area contributed by atoms with Crippen molar-refractivity contribution in [3.05, 3.63) is 17.5 Å². The number of hydrogen-bond donors (Lipinski definition) is 0. The van der Waals surface area contributed by atoms with Crippen LogP contribution in [0.25, 0.3) is 0 Å². The maximum Gasteiger partial charge on any atom is 0.360 e. The standard InChI is InChI=1S/C17H27NO3Si/c1-8-20-17(19)16-11-15(21-18-16)9-10-22(12(2)3,13(4)5)14(6)7/h11-14H,8H2,1-7H3. The van der Waals surface area contributed by atoms with Crippen LogP contribution in [-0.4, -0.2) is 25.8 Å². The molecule has 0 aromatic carbocycles. The lowest BCUT2D eigenvalue weighted by Crippen LogP contribution is -2.43. The fourth-order valence-electron chi connectivity index (χ4n) is 3.24. The summed E-state index contributed by atoms with van der Waals surface area (Å²) >= 11 is 0. The van der Waals surface area contributed by atoms with Gasteiger partial charge in [0.15, 0.2) is 5.69 Å². The maximum atomic E-state index is 11.6. The third-order valence-electron chi connectivity index (χ3n) is 4.26. The molecule has 122 valence electrons.